The van der Waals surface area contributed by atoms with Gasteiger partial charge in [-0.05, 0) is 48.6 Å². The molecule has 4 heteroatoms. The number of amides is 1. The van der Waals surface area contributed by atoms with Crippen molar-refractivity contribution in [2.24, 2.45) is 17.6 Å². The molecular formula is C22H26N2O2. The first-order valence-electron chi connectivity index (χ1n) is 9.46. The third-order valence-electron chi connectivity index (χ3n) is 5.97. The van der Waals surface area contributed by atoms with E-state index in [1.165, 1.54) is 5.56 Å². The number of hydrogen-bond donors (Lipinski definition) is 1. The van der Waals surface area contributed by atoms with Crippen LogP contribution in [0.15, 0.2) is 60.7 Å². The van der Waals surface area contributed by atoms with Crippen molar-refractivity contribution in [3.05, 3.63) is 71.8 Å². The Morgan fingerprint density at radius 1 is 1.08 bits per heavy atom. The van der Waals surface area contributed by atoms with Gasteiger partial charge in [0.15, 0.2) is 0 Å². The van der Waals surface area contributed by atoms with Gasteiger partial charge in [0.1, 0.15) is 6.61 Å². The van der Waals surface area contributed by atoms with Crippen LogP contribution in [0, 0.1) is 11.8 Å². The van der Waals surface area contributed by atoms with Crippen LogP contribution < -0.4 is 5.73 Å². The number of rotatable bonds is 4. The molecule has 2 N–H and O–H groups in total. The summed E-state index contributed by atoms with van der Waals surface area (Å²) >= 11 is 0. The minimum atomic E-state index is -0.599. The fourth-order valence-corrected chi connectivity index (χ4v) is 4.51. The second-order valence-corrected chi connectivity index (χ2v) is 7.67. The monoisotopic (exact) mass is 350 g/mol. The summed E-state index contributed by atoms with van der Waals surface area (Å²) in [4.78, 5) is 14.6. The quantitative estimate of drug-likeness (QED) is 0.908. The number of carbonyl (C=O) groups excluding carboxylic acids is 1. The van der Waals surface area contributed by atoms with E-state index in [4.69, 9.17) is 10.5 Å². The maximum Gasteiger partial charge on any atom is 0.411 e. The Morgan fingerprint density at radius 3 is 2.42 bits per heavy atom. The number of fused-ring (bicyclic) bond motifs is 3. The predicted molar refractivity (Wildman–Crippen MR) is 101 cm³/mol. The number of hydrogen-bond acceptors (Lipinski definition) is 3. The minimum Gasteiger partial charge on any atom is -0.445 e. The van der Waals surface area contributed by atoms with Crippen LogP contribution in [-0.2, 0) is 17.8 Å². The summed E-state index contributed by atoms with van der Waals surface area (Å²) in [5.41, 5.74) is 8.51. The van der Waals surface area contributed by atoms with Crippen molar-refractivity contribution in [1.82, 2.24) is 4.90 Å². The Labute approximate surface area is 155 Å². The third-order valence-corrected chi connectivity index (χ3v) is 5.97. The third kappa shape index (κ3) is 3.34. The lowest BCUT2D eigenvalue weighted by atomic mass is 9.67. The van der Waals surface area contributed by atoms with Gasteiger partial charge in [0, 0.05) is 6.54 Å². The van der Waals surface area contributed by atoms with Crippen molar-refractivity contribution >= 4 is 6.09 Å². The van der Waals surface area contributed by atoms with Crippen LogP contribution in [0.1, 0.15) is 30.4 Å². The van der Waals surface area contributed by atoms with Gasteiger partial charge in [-0.1, -0.05) is 60.7 Å². The molecule has 26 heavy (non-hydrogen) atoms. The average Bonchev–Trinajstić information content (AvgIpc) is 2.68. The van der Waals surface area contributed by atoms with E-state index in [1.807, 2.05) is 36.4 Å². The molecule has 3 unspecified atom stereocenters. The van der Waals surface area contributed by atoms with Crippen molar-refractivity contribution in [3.63, 3.8) is 0 Å². The number of ether oxygens (including phenoxy) is 1. The molecule has 0 aromatic heterocycles. The Kier molecular flexibility index (Phi) is 4.68. The normalized spacial score (nSPS) is 27.3. The number of nitrogens with two attached hydrogens (primary N) is 1. The van der Waals surface area contributed by atoms with Gasteiger partial charge in [-0.2, -0.15) is 0 Å². The van der Waals surface area contributed by atoms with Gasteiger partial charge in [0.25, 0.3) is 0 Å². The smallest absolute Gasteiger partial charge is 0.411 e. The van der Waals surface area contributed by atoms with Crippen LogP contribution in [0.25, 0.3) is 0 Å². The van der Waals surface area contributed by atoms with E-state index < -0.39 is 5.66 Å². The van der Waals surface area contributed by atoms with Crippen molar-refractivity contribution in [2.75, 3.05) is 6.54 Å². The molecule has 3 atom stereocenters. The van der Waals surface area contributed by atoms with Crippen molar-refractivity contribution in [3.8, 4) is 0 Å². The van der Waals surface area contributed by atoms with Gasteiger partial charge in [0.05, 0.1) is 5.66 Å². The molecule has 1 saturated carbocycles. The lowest BCUT2D eigenvalue weighted by Crippen LogP contribution is -2.70. The second kappa shape index (κ2) is 7.12. The molecule has 2 aromatic rings. The standard InChI is InChI=1S/C22H26N2O2/c23-22-12-11-19(14-20(22)13-17-7-3-1-4-8-17)15-24(22)21(25)26-16-18-9-5-2-6-10-18/h1-10,19-20H,11-16,23H2. The molecule has 4 nitrogen and oxygen atoms in total. The molecule has 1 aliphatic carbocycles. The van der Waals surface area contributed by atoms with Gasteiger partial charge in [-0.15, -0.1) is 0 Å². The van der Waals surface area contributed by atoms with E-state index in [0.29, 0.717) is 12.5 Å². The van der Waals surface area contributed by atoms with E-state index in [1.54, 1.807) is 4.90 Å². The van der Waals surface area contributed by atoms with Crippen LogP contribution in [0.5, 0.6) is 0 Å². The van der Waals surface area contributed by atoms with Crippen molar-refractivity contribution in [2.45, 2.75) is 38.0 Å². The van der Waals surface area contributed by atoms with Crippen LogP contribution >= 0.6 is 0 Å². The highest BCUT2D eigenvalue weighted by Crippen LogP contribution is 2.45. The van der Waals surface area contributed by atoms with Crippen molar-refractivity contribution in [1.29, 1.82) is 0 Å². The minimum absolute atomic E-state index is 0.279. The van der Waals surface area contributed by atoms with Gasteiger partial charge in [0.2, 0.25) is 0 Å². The van der Waals surface area contributed by atoms with Crippen LogP contribution in [0.3, 0.4) is 0 Å². The molecule has 2 saturated heterocycles. The topological polar surface area (TPSA) is 55.6 Å². The molecule has 2 heterocycles. The van der Waals surface area contributed by atoms with Crippen molar-refractivity contribution < 1.29 is 9.53 Å². The summed E-state index contributed by atoms with van der Waals surface area (Å²) in [5, 5.41) is 0. The van der Waals surface area contributed by atoms with E-state index in [2.05, 4.69) is 24.3 Å². The number of piperidine rings is 2. The Hall–Kier alpha value is -2.33. The molecule has 0 spiro atoms. The number of benzene rings is 2. The molecule has 0 radical (unpaired) electrons. The lowest BCUT2D eigenvalue weighted by Gasteiger charge is -2.56. The Morgan fingerprint density at radius 2 is 1.73 bits per heavy atom. The maximum atomic E-state index is 12.8. The summed E-state index contributed by atoms with van der Waals surface area (Å²) in [5.74, 6) is 0.806. The zero-order chi connectivity index (χ0) is 18.0. The maximum absolute atomic E-state index is 12.8. The van der Waals surface area contributed by atoms with Gasteiger partial charge in [-0.3, -0.25) is 4.90 Å². The Bertz CT molecular complexity index is 749. The number of nitrogens with zero attached hydrogens (tertiary/aromatic N) is 1. The number of carbonyl (C=O) groups is 1. The zero-order valence-electron chi connectivity index (χ0n) is 15.0. The summed E-state index contributed by atoms with van der Waals surface area (Å²) < 4.78 is 5.59. The zero-order valence-corrected chi connectivity index (χ0v) is 15.0. The lowest BCUT2D eigenvalue weighted by molar-refractivity contribution is -0.0692. The average molecular weight is 350 g/mol. The van der Waals surface area contributed by atoms with E-state index in [9.17, 15) is 4.79 Å². The van der Waals surface area contributed by atoms with Gasteiger partial charge in [-0.25, -0.2) is 4.79 Å². The summed E-state index contributed by atoms with van der Waals surface area (Å²) in [6, 6.07) is 20.2. The van der Waals surface area contributed by atoms with E-state index in [0.717, 1.165) is 37.8 Å². The van der Waals surface area contributed by atoms with Crippen LogP contribution in [0.2, 0.25) is 0 Å². The molecule has 5 rings (SSSR count). The molecule has 2 bridgehead atoms. The summed E-state index contributed by atoms with van der Waals surface area (Å²) in [6.45, 7) is 1.01. The first-order chi connectivity index (χ1) is 12.6. The van der Waals surface area contributed by atoms with E-state index >= 15 is 0 Å². The molecule has 2 aromatic carbocycles. The predicted octanol–water partition coefficient (Wildman–Crippen LogP) is 3.95. The van der Waals surface area contributed by atoms with Gasteiger partial charge < -0.3 is 10.5 Å². The van der Waals surface area contributed by atoms with E-state index in [-0.39, 0.29) is 12.0 Å². The summed E-state index contributed by atoms with van der Waals surface area (Å²) in [6.07, 6.45) is 3.68. The molecule has 3 aliphatic rings. The first kappa shape index (κ1) is 17.1. The largest absolute Gasteiger partial charge is 0.445 e. The molecule has 1 amide bonds. The van der Waals surface area contributed by atoms with Gasteiger partial charge >= 0.3 is 6.09 Å². The highest BCUT2D eigenvalue weighted by molar-refractivity contribution is 5.69. The fraction of sp³-hybridized carbons (Fsp3) is 0.409. The first-order valence-corrected chi connectivity index (χ1v) is 9.46. The van der Waals surface area contributed by atoms with Crippen LogP contribution in [0.4, 0.5) is 4.79 Å². The second-order valence-electron chi connectivity index (χ2n) is 7.67. The Balaban J connectivity index is 1.46. The molecule has 2 aliphatic heterocycles. The summed E-state index contributed by atoms with van der Waals surface area (Å²) in [7, 11) is 0. The molecule has 136 valence electrons. The highest BCUT2D eigenvalue weighted by atomic mass is 16.6. The fourth-order valence-electron chi connectivity index (χ4n) is 4.51. The highest BCUT2D eigenvalue weighted by Gasteiger charge is 2.52. The molecule has 3 fully saturated rings. The van der Waals surface area contributed by atoms with Crippen LogP contribution in [-0.4, -0.2) is 23.2 Å². The molecular weight excluding hydrogens is 324 g/mol. The SMILES string of the molecule is NC12CCC(CC1Cc1ccccc1)CN2C(=O)OCc1ccccc1.